The molecule has 2 aromatic carbocycles. The number of hydrogen-bond donors (Lipinski definition) is 2. The van der Waals surface area contributed by atoms with Gasteiger partial charge in [-0.2, -0.15) is 36.5 Å². The molecule has 186 valence electrons. The molecule has 0 saturated heterocycles. The molecule has 0 radical (unpaired) electrons. The van der Waals surface area contributed by atoms with Crippen molar-refractivity contribution < 1.29 is 45.0 Å². The molecule has 14 heteroatoms. The van der Waals surface area contributed by atoms with Crippen LogP contribution in [0.25, 0.3) is 11.3 Å². The average molecular weight is 504 g/mol. The number of amides is 1. The Morgan fingerprint density at radius 1 is 1.00 bits per heavy atom. The molecule has 3 aromatic rings. The van der Waals surface area contributed by atoms with Crippen LogP contribution in [0.15, 0.2) is 53.8 Å². The van der Waals surface area contributed by atoms with Gasteiger partial charge in [0, 0.05) is 11.1 Å². The lowest BCUT2D eigenvalue weighted by Crippen LogP contribution is -2.23. The molecule has 1 aromatic heterocycles. The second-order valence-corrected chi connectivity index (χ2v) is 6.87. The third-order valence-corrected chi connectivity index (χ3v) is 4.16. The number of aromatic amines is 1. The maximum atomic E-state index is 13.1. The van der Waals surface area contributed by atoms with E-state index in [2.05, 4.69) is 30.2 Å². The number of hydrogen-bond acceptors (Lipinski definition) is 5. The van der Waals surface area contributed by atoms with Crippen LogP contribution in [0.5, 0.6) is 11.5 Å². The lowest BCUT2D eigenvalue weighted by Gasteiger charge is -2.14. The second kappa shape index (κ2) is 10.4. The van der Waals surface area contributed by atoms with Crippen molar-refractivity contribution in [2.45, 2.75) is 12.4 Å². The van der Waals surface area contributed by atoms with Gasteiger partial charge in [0.2, 0.25) is 0 Å². The van der Waals surface area contributed by atoms with Crippen LogP contribution in [-0.2, 0) is 0 Å². The normalized spacial score (nSPS) is 12.1. The average Bonchev–Trinajstić information content (AvgIpc) is 3.24. The van der Waals surface area contributed by atoms with Crippen LogP contribution in [0.3, 0.4) is 0 Å². The molecule has 1 heterocycles. The summed E-state index contributed by atoms with van der Waals surface area (Å²) in [4.78, 5) is 12.5. The number of hydrazone groups is 1. The van der Waals surface area contributed by atoms with Crippen molar-refractivity contribution in [1.29, 1.82) is 0 Å². The summed E-state index contributed by atoms with van der Waals surface area (Å²) in [7, 11) is 0. The van der Waals surface area contributed by atoms with E-state index >= 15 is 0 Å². The Morgan fingerprint density at radius 2 is 1.66 bits per heavy atom. The van der Waals surface area contributed by atoms with E-state index in [4.69, 9.17) is 0 Å². The van der Waals surface area contributed by atoms with Crippen molar-refractivity contribution in [3.05, 3.63) is 65.6 Å². The van der Waals surface area contributed by atoms with E-state index in [1.165, 1.54) is 30.5 Å². The summed E-state index contributed by atoms with van der Waals surface area (Å²) in [6.07, 6.45) is -6.90. The number of nitrogens with zero attached hydrogens (tertiary/aromatic N) is 2. The Bertz CT molecular complexity index is 1190. The standard InChI is InChI=1S/C21H15F7N4O3/c22-14-3-1-12(2-4-14)18-13(8-29-31-18)9-30-32-19(33)16-7-15(34-10-20(23,24)25)5-6-17(16)35-11-21(26,27)28/h1-9H,10-11H2,(H,29,31)(H,32,33). The largest absolute Gasteiger partial charge is 0.484 e. The Hall–Kier alpha value is -4.10. The zero-order chi connectivity index (χ0) is 25.6. The summed E-state index contributed by atoms with van der Waals surface area (Å²) in [5, 5.41) is 10.2. The van der Waals surface area contributed by atoms with Gasteiger partial charge in [0.25, 0.3) is 5.91 Å². The van der Waals surface area contributed by atoms with Crippen molar-refractivity contribution >= 4 is 12.1 Å². The predicted octanol–water partition coefficient (Wildman–Crippen LogP) is 4.86. The van der Waals surface area contributed by atoms with Crippen LogP contribution in [0, 0.1) is 5.82 Å². The van der Waals surface area contributed by atoms with E-state index in [0.29, 0.717) is 16.8 Å². The van der Waals surface area contributed by atoms with Gasteiger partial charge in [-0.25, -0.2) is 9.82 Å². The number of carbonyl (C=O) groups is 1. The summed E-state index contributed by atoms with van der Waals surface area (Å²) >= 11 is 0. The maximum Gasteiger partial charge on any atom is 0.422 e. The highest BCUT2D eigenvalue weighted by atomic mass is 19.4. The van der Waals surface area contributed by atoms with Crippen molar-refractivity contribution in [1.82, 2.24) is 15.6 Å². The van der Waals surface area contributed by atoms with Gasteiger partial charge in [0.1, 0.15) is 17.3 Å². The quantitative estimate of drug-likeness (QED) is 0.261. The molecular weight excluding hydrogens is 489 g/mol. The lowest BCUT2D eigenvalue weighted by atomic mass is 10.1. The Kier molecular flexibility index (Phi) is 7.62. The van der Waals surface area contributed by atoms with E-state index in [1.807, 2.05) is 0 Å². The van der Waals surface area contributed by atoms with Gasteiger partial charge in [-0.15, -0.1) is 0 Å². The number of benzene rings is 2. The van der Waals surface area contributed by atoms with E-state index in [0.717, 1.165) is 24.4 Å². The molecule has 3 rings (SSSR count). The number of ether oxygens (including phenoxy) is 2. The predicted molar refractivity (Wildman–Crippen MR) is 109 cm³/mol. The van der Waals surface area contributed by atoms with E-state index < -0.39 is 54.4 Å². The fourth-order valence-corrected chi connectivity index (χ4v) is 2.69. The van der Waals surface area contributed by atoms with Crippen LogP contribution in [0.1, 0.15) is 15.9 Å². The summed E-state index contributed by atoms with van der Waals surface area (Å²) in [6, 6.07) is 7.97. The number of halogens is 7. The first-order chi connectivity index (χ1) is 16.4. The van der Waals surface area contributed by atoms with Crippen molar-refractivity contribution in [3.63, 3.8) is 0 Å². The first kappa shape index (κ1) is 25.5. The van der Waals surface area contributed by atoms with Gasteiger partial charge >= 0.3 is 12.4 Å². The summed E-state index contributed by atoms with van der Waals surface area (Å²) in [6.45, 7) is -3.42. The molecule has 0 spiro atoms. The molecule has 0 unspecified atom stereocenters. The Labute approximate surface area is 192 Å². The molecule has 0 bridgehead atoms. The van der Waals surface area contributed by atoms with Crippen LogP contribution in [0.2, 0.25) is 0 Å². The molecule has 0 saturated carbocycles. The molecule has 0 atom stereocenters. The number of aromatic nitrogens is 2. The highest BCUT2D eigenvalue weighted by Gasteiger charge is 2.30. The van der Waals surface area contributed by atoms with Crippen molar-refractivity contribution in [2.75, 3.05) is 13.2 Å². The highest BCUT2D eigenvalue weighted by molar-refractivity contribution is 5.98. The molecule has 0 aliphatic carbocycles. The Morgan fingerprint density at radius 3 is 2.31 bits per heavy atom. The minimum absolute atomic E-state index is 0.368. The molecule has 1 amide bonds. The molecule has 0 aliphatic heterocycles. The summed E-state index contributed by atoms with van der Waals surface area (Å²) in [5.74, 6) is -2.52. The van der Waals surface area contributed by atoms with Gasteiger partial charge in [-0.3, -0.25) is 9.89 Å². The minimum Gasteiger partial charge on any atom is -0.484 e. The molecule has 0 fully saturated rings. The van der Waals surface area contributed by atoms with Crippen LogP contribution in [-0.4, -0.2) is 47.9 Å². The molecule has 2 N–H and O–H groups in total. The number of alkyl halides is 6. The van der Waals surface area contributed by atoms with Gasteiger partial charge < -0.3 is 9.47 Å². The second-order valence-electron chi connectivity index (χ2n) is 6.87. The molecule has 0 aliphatic rings. The fourth-order valence-electron chi connectivity index (χ4n) is 2.69. The van der Waals surface area contributed by atoms with Crippen LogP contribution >= 0.6 is 0 Å². The van der Waals surface area contributed by atoms with Gasteiger partial charge in [0.15, 0.2) is 13.2 Å². The molecule has 7 nitrogen and oxygen atoms in total. The minimum atomic E-state index is -4.73. The first-order valence-electron chi connectivity index (χ1n) is 9.57. The first-order valence-corrected chi connectivity index (χ1v) is 9.57. The molecule has 35 heavy (non-hydrogen) atoms. The number of nitrogens with one attached hydrogen (secondary N) is 2. The number of rotatable bonds is 8. The van der Waals surface area contributed by atoms with Gasteiger partial charge in [0.05, 0.1) is 23.7 Å². The van der Waals surface area contributed by atoms with E-state index in [-0.39, 0.29) is 0 Å². The summed E-state index contributed by atoms with van der Waals surface area (Å²) < 4.78 is 97.1. The van der Waals surface area contributed by atoms with Crippen molar-refractivity contribution in [2.24, 2.45) is 5.10 Å². The Balaban J connectivity index is 1.78. The van der Waals surface area contributed by atoms with Crippen LogP contribution < -0.4 is 14.9 Å². The van der Waals surface area contributed by atoms with Crippen molar-refractivity contribution in [3.8, 4) is 22.8 Å². The summed E-state index contributed by atoms with van der Waals surface area (Å²) in [5.41, 5.74) is 2.86. The van der Waals surface area contributed by atoms with Crippen LogP contribution in [0.4, 0.5) is 30.7 Å². The topological polar surface area (TPSA) is 88.6 Å². The zero-order valence-corrected chi connectivity index (χ0v) is 17.4. The van der Waals surface area contributed by atoms with E-state index in [1.54, 1.807) is 0 Å². The SMILES string of the molecule is O=C(NN=Cc1cn[nH]c1-c1ccc(F)cc1)c1cc(OCC(F)(F)F)ccc1OCC(F)(F)F. The fraction of sp³-hybridized carbons (Fsp3) is 0.190. The number of carbonyl (C=O) groups excluding carboxylic acids is 1. The smallest absolute Gasteiger partial charge is 0.422 e. The van der Waals surface area contributed by atoms with E-state index in [9.17, 15) is 35.5 Å². The lowest BCUT2D eigenvalue weighted by molar-refractivity contribution is -0.154. The highest BCUT2D eigenvalue weighted by Crippen LogP contribution is 2.28. The monoisotopic (exact) mass is 504 g/mol. The molecular formula is C21H15F7N4O3. The third kappa shape index (κ3) is 7.72. The number of H-pyrrole nitrogens is 1. The third-order valence-electron chi connectivity index (χ3n) is 4.16. The zero-order valence-electron chi connectivity index (χ0n) is 17.4. The van der Waals surface area contributed by atoms with Gasteiger partial charge in [-0.05, 0) is 42.5 Å². The van der Waals surface area contributed by atoms with Gasteiger partial charge in [-0.1, -0.05) is 0 Å². The maximum absolute atomic E-state index is 13.1.